The Morgan fingerprint density at radius 1 is 1.50 bits per heavy atom. The van der Waals surface area contributed by atoms with Crippen molar-refractivity contribution in [2.45, 2.75) is 44.9 Å². The molecule has 0 aromatic heterocycles. The zero-order chi connectivity index (χ0) is 10.8. The number of hydrogen-bond donors (Lipinski definition) is 2. The molecule has 2 N–H and O–H groups in total. The third kappa shape index (κ3) is 2.45. The summed E-state index contributed by atoms with van der Waals surface area (Å²) < 4.78 is 5.38. The fourth-order valence-electron chi connectivity index (χ4n) is 1.38. The summed E-state index contributed by atoms with van der Waals surface area (Å²) in [6, 6.07) is 0.162. The molecule has 14 heavy (non-hydrogen) atoms. The number of amides is 1. The van der Waals surface area contributed by atoms with Crippen LogP contribution in [0.15, 0.2) is 0 Å². The molecule has 1 aliphatic heterocycles. The monoisotopic (exact) mass is 200 g/mol. The first-order valence-corrected chi connectivity index (χ1v) is 5.09. The lowest BCUT2D eigenvalue weighted by Gasteiger charge is -2.26. The van der Waals surface area contributed by atoms with Crippen LogP contribution in [0.4, 0.5) is 0 Å². The second kappa shape index (κ2) is 4.28. The SMILES string of the molecule is CNC(C)(C)C(=O)NC1CCOC1C. The Morgan fingerprint density at radius 3 is 2.57 bits per heavy atom. The fourth-order valence-corrected chi connectivity index (χ4v) is 1.38. The number of likely N-dealkylation sites (N-methyl/N-ethyl adjacent to an activating group) is 1. The minimum Gasteiger partial charge on any atom is -0.376 e. The van der Waals surface area contributed by atoms with Crippen LogP contribution >= 0.6 is 0 Å². The average Bonchev–Trinajstić information content (AvgIpc) is 2.52. The predicted molar refractivity (Wildman–Crippen MR) is 55.1 cm³/mol. The van der Waals surface area contributed by atoms with E-state index in [-0.39, 0.29) is 18.1 Å². The molecule has 0 aromatic rings. The molecule has 1 aliphatic rings. The third-order valence-electron chi connectivity index (χ3n) is 2.89. The molecule has 1 amide bonds. The number of carbonyl (C=O) groups is 1. The first kappa shape index (κ1) is 11.5. The predicted octanol–water partition coefficient (Wildman–Crippen LogP) is 0.278. The number of hydrogen-bond acceptors (Lipinski definition) is 3. The smallest absolute Gasteiger partial charge is 0.240 e. The Bertz CT molecular complexity index is 216. The number of ether oxygens (including phenoxy) is 1. The summed E-state index contributed by atoms with van der Waals surface area (Å²) in [5.41, 5.74) is -0.512. The Labute approximate surface area is 85.4 Å². The molecule has 1 fully saturated rings. The van der Waals surface area contributed by atoms with E-state index in [2.05, 4.69) is 10.6 Å². The van der Waals surface area contributed by atoms with Crippen LogP contribution in [0.5, 0.6) is 0 Å². The van der Waals surface area contributed by atoms with Gasteiger partial charge in [-0.1, -0.05) is 0 Å². The topological polar surface area (TPSA) is 50.4 Å². The summed E-state index contributed by atoms with van der Waals surface area (Å²) in [4.78, 5) is 11.8. The summed E-state index contributed by atoms with van der Waals surface area (Å²) in [6.07, 6.45) is 1.04. The molecular formula is C10H20N2O2. The molecular weight excluding hydrogens is 180 g/mol. The Morgan fingerprint density at radius 2 is 2.14 bits per heavy atom. The van der Waals surface area contributed by atoms with Gasteiger partial charge in [0.05, 0.1) is 17.7 Å². The number of carbonyl (C=O) groups excluding carboxylic acids is 1. The van der Waals surface area contributed by atoms with Crippen molar-refractivity contribution in [1.82, 2.24) is 10.6 Å². The zero-order valence-electron chi connectivity index (χ0n) is 9.39. The van der Waals surface area contributed by atoms with Crippen LogP contribution in [0.25, 0.3) is 0 Å². The molecule has 1 saturated heterocycles. The molecule has 0 aromatic carbocycles. The van der Waals surface area contributed by atoms with Gasteiger partial charge in [-0.05, 0) is 34.2 Å². The molecule has 0 bridgehead atoms. The van der Waals surface area contributed by atoms with E-state index in [9.17, 15) is 4.79 Å². The van der Waals surface area contributed by atoms with Crippen LogP contribution in [-0.2, 0) is 9.53 Å². The third-order valence-corrected chi connectivity index (χ3v) is 2.89. The summed E-state index contributed by atoms with van der Waals surface area (Å²) in [7, 11) is 1.79. The highest BCUT2D eigenvalue weighted by Crippen LogP contribution is 2.13. The largest absolute Gasteiger partial charge is 0.376 e. The molecule has 1 rings (SSSR count). The van der Waals surface area contributed by atoms with Crippen LogP contribution < -0.4 is 10.6 Å². The van der Waals surface area contributed by atoms with Crippen molar-refractivity contribution < 1.29 is 9.53 Å². The van der Waals surface area contributed by atoms with Crippen molar-refractivity contribution in [2.24, 2.45) is 0 Å². The molecule has 2 unspecified atom stereocenters. The lowest BCUT2D eigenvalue weighted by Crippen LogP contribution is -2.54. The quantitative estimate of drug-likeness (QED) is 0.688. The van der Waals surface area contributed by atoms with E-state index in [1.54, 1.807) is 7.05 Å². The van der Waals surface area contributed by atoms with Crippen LogP contribution in [0.2, 0.25) is 0 Å². The van der Waals surface area contributed by atoms with Crippen molar-refractivity contribution >= 4 is 5.91 Å². The van der Waals surface area contributed by atoms with Gasteiger partial charge in [-0.25, -0.2) is 0 Å². The highest BCUT2D eigenvalue weighted by atomic mass is 16.5. The maximum Gasteiger partial charge on any atom is 0.240 e. The highest BCUT2D eigenvalue weighted by molar-refractivity contribution is 5.85. The van der Waals surface area contributed by atoms with E-state index in [4.69, 9.17) is 4.74 Å². The molecule has 0 spiro atoms. The fraction of sp³-hybridized carbons (Fsp3) is 0.900. The lowest BCUT2D eigenvalue weighted by atomic mass is 10.0. The Kier molecular flexibility index (Phi) is 3.50. The van der Waals surface area contributed by atoms with Crippen LogP contribution in [-0.4, -0.2) is 37.2 Å². The molecule has 82 valence electrons. The minimum absolute atomic E-state index is 0.0300. The maximum absolute atomic E-state index is 11.8. The second-order valence-electron chi connectivity index (χ2n) is 4.32. The van der Waals surface area contributed by atoms with E-state index in [0.29, 0.717) is 0 Å². The summed E-state index contributed by atoms with van der Waals surface area (Å²) in [6.45, 7) is 6.46. The van der Waals surface area contributed by atoms with Gasteiger partial charge in [-0.2, -0.15) is 0 Å². The zero-order valence-corrected chi connectivity index (χ0v) is 9.39. The number of rotatable bonds is 3. The van der Waals surface area contributed by atoms with Crippen molar-refractivity contribution in [3.8, 4) is 0 Å². The van der Waals surface area contributed by atoms with Crippen LogP contribution in [0, 0.1) is 0 Å². The average molecular weight is 200 g/mol. The molecule has 2 atom stereocenters. The number of nitrogens with one attached hydrogen (secondary N) is 2. The first-order valence-electron chi connectivity index (χ1n) is 5.09. The highest BCUT2D eigenvalue weighted by Gasteiger charge is 2.31. The van der Waals surface area contributed by atoms with Gasteiger partial charge in [-0.3, -0.25) is 4.79 Å². The van der Waals surface area contributed by atoms with Crippen molar-refractivity contribution in [1.29, 1.82) is 0 Å². The van der Waals surface area contributed by atoms with Gasteiger partial charge in [0.2, 0.25) is 5.91 Å². The van der Waals surface area contributed by atoms with E-state index in [0.717, 1.165) is 13.0 Å². The summed E-state index contributed by atoms with van der Waals surface area (Å²) >= 11 is 0. The van der Waals surface area contributed by atoms with E-state index in [1.165, 1.54) is 0 Å². The van der Waals surface area contributed by atoms with E-state index >= 15 is 0 Å². The van der Waals surface area contributed by atoms with Gasteiger partial charge in [-0.15, -0.1) is 0 Å². The first-order chi connectivity index (χ1) is 6.47. The standard InChI is InChI=1S/C10H20N2O2/c1-7-8(5-6-14-7)12-9(13)10(2,3)11-4/h7-8,11H,5-6H2,1-4H3,(H,12,13). The summed E-state index contributed by atoms with van der Waals surface area (Å²) in [5, 5.41) is 5.97. The molecule has 1 heterocycles. The van der Waals surface area contributed by atoms with Gasteiger partial charge in [0, 0.05) is 6.61 Å². The maximum atomic E-state index is 11.8. The van der Waals surface area contributed by atoms with Crippen molar-refractivity contribution in [3.63, 3.8) is 0 Å². The lowest BCUT2D eigenvalue weighted by molar-refractivity contribution is -0.127. The van der Waals surface area contributed by atoms with Gasteiger partial charge < -0.3 is 15.4 Å². The van der Waals surface area contributed by atoms with Crippen LogP contribution in [0.3, 0.4) is 0 Å². The Balaban J connectivity index is 2.48. The van der Waals surface area contributed by atoms with E-state index in [1.807, 2.05) is 20.8 Å². The Hall–Kier alpha value is -0.610. The van der Waals surface area contributed by atoms with Gasteiger partial charge in [0.25, 0.3) is 0 Å². The van der Waals surface area contributed by atoms with Crippen molar-refractivity contribution in [3.05, 3.63) is 0 Å². The molecule has 0 radical (unpaired) electrons. The van der Waals surface area contributed by atoms with Crippen LogP contribution in [0.1, 0.15) is 27.2 Å². The molecule has 4 nitrogen and oxygen atoms in total. The summed E-state index contributed by atoms with van der Waals surface area (Å²) in [5.74, 6) is 0.0300. The normalized spacial score (nSPS) is 27.7. The second-order valence-corrected chi connectivity index (χ2v) is 4.32. The van der Waals surface area contributed by atoms with Gasteiger partial charge >= 0.3 is 0 Å². The van der Waals surface area contributed by atoms with Gasteiger partial charge in [0.15, 0.2) is 0 Å². The molecule has 0 saturated carbocycles. The minimum atomic E-state index is -0.512. The van der Waals surface area contributed by atoms with E-state index < -0.39 is 5.54 Å². The molecule has 4 heteroatoms. The van der Waals surface area contributed by atoms with Crippen molar-refractivity contribution in [2.75, 3.05) is 13.7 Å². The molecule has 0 aliphatic carbocycles. The van der Waals surface area contributed by atoms with Gasteiger partial charge in [0.1, 0.15) is 0 Å².